The number of hydrogen-bond acceptors (Lipinski definition) is 3. The number of carbonyl (C=O) groups excluding carboxylic acids is 1. The van der Waals surface area contributed by atoms with Gasteiger partial charge in [-0.15, -0.1) is 0 Å². The molecule has 0 fully saturated rings. The first-order chi connectivity index (χ1) is 13.1. The number of pyridine rings is 1. The second kappa shape index (κ2) is 8.76. The first-order valence-electron chi connectivity index (χ1n) is 8.52. The van der Waals surface area contributed by atoms with Gasteiger partial charge in [-0.05, 0) is 60.5 Å². The SMILES string of the molecule is CC(NC(=O)C=Cc1ccc(F)cc1)c1cccc(Oc2cccnc2)c1. The summed E-state index contributed by atoms with van der Waals surface area (Å²) in [5, 5.41) is 2.90. The van der Waals surface area contributed by atoms with E-state index in [2.05, 4.69) is 10.3 Å². The topological polar surface area (TPSA) is 51.2 Å². The summed E-state index contributed by atoms with van der Waals surface area (Å²) in [6, 6.07) is 16.9. The van der Waals surface area contributed by atoms with Gasteiger partial charge in [-0.2, -0.15) is 0 Å². The molecule has 3 rings (SSSR count). The Bertz CT molecular complexity index is 925. The van der Waals surface area contributed by atoms with Crippen molar-refractivity contribution in [3.05, 3.63) is 96.1 Å². The Hall–Kier alpha value is -3.47. The van der Waals surface area contributed by atoms with Crippen LogP contribution in [0.15, 0.2) is 79.1 Å². The van der Waals surface area contributed by atoms with Gasteiger partial charge in [0.15, 0.2) is 0 Å². The summed E-state index contributed by atoms with van der Waals surface area (Å²) >= 11 is 0. The molecule has 0 aliphatic rings. The molecule has 0 saturated heterocycles. The molecule has 27 heavy (non-hydrogen) atoms. The summed E-state index contributed by atoms with van der Waals surface area (Å²) in [5.41, 5.74) is 1.67. The van der Waals surface area contributed by atoms with Gasteiger partial charge in [-0.1, -0.05) is 24.3 Å². The van der Waals surface area contributed by atoms with Crippen LogP contribution < -0.4 is 10.1 Å². The molecule has 0 saturated carbocycles. The van der Waals surface area contributed by atoms with Gasteiger partial charge in [0.1, 0.15) is 17.3 Å². The fraction of sp³-hybridized carbons (Fsp3) is 0.0909. The smallest absolute Gasteiger partial charge is 0.244 e. The molecule has 5 heteroatoms. The fourth-order valence-electron chi connectivity index (χ4n) is 2.48. The van der Waals surface area contributed by atoms with Crippen molar-refractivity contribution < 1.29 is 13.9 Å². The predicted molar refractivity (Wildman–Crippen MR) is 103 cm³/mol. The molecule has 0 radical (unpaired) electrons. The molecule has 1 N–H and O–H groups in total. The van der Waals surface area contributed by atoms with Crippen LogP contribution in [0.5, 0.6) is 11.5 Å². The van der Waals surface area contributed by atoms with Gasteiger partial charge >= 0.3 is 0 Å². The van der Waals surface area contributed by atoms with Crippen molar-refractivity contribution in [2.45, 2.75) is 13.0 Å². The van der Waals surface area contributed by atoms with E-state index < -0.39 is 0 Å². The zero-order valence-corrected chi connectivity index (χ0v) is 14.8. The lowest BCUT2D eigenvalue weighted by atomic mass is 10.1. The summed E-state index contributed by atoms with van der Waals surface area (Å²) < 4.78 is 18.7. The van der Waals surface area contributed by atoms with Crippen molar-refractivity contribution in [2.75, 3.05) is 0 Å². The highest BCUT2D eigenvalue weighted by atomic mass is 19.1. The molecule has 0 bridgehead atoms. The van der Waals surface area contributed by atoms with Crippen LogP contribution in [0.4, 0.5) is 4.39 Å². The molecular formula is C22H19FN2O2. The molecule has 136 valence electrons. The minimum Gasteiger partial charge on any atom is -0.456 e. The molecule has 2 aromatic carbocycles. The number of aromatic nitrogens is 1. The van der Waals surface area contributed by atoms with Crippen molar-refractivity contribution in [3.63, 3.8) is 0 Å². The van der Waals surface area contributed by atoms with Crippen molar-refractivity contribution in [2.24, 2.45) is 0 Å². The van der Waals surface area contributed by atoms with Gasteiger partial charge in [0.2, 0.25) is 5.91 Å². The molecule has 1 unspecified atom stereocenters. The summed E-state index contributed by atoms with van der Waals surface area (Å²) in [6.45, 7) is 1.90. The normalized spacial score (nSPS) is 11.9. The van der Waals surface area contributed by atoms with Crippen LogP contribution in [0.25, 0.3) is 6.08 Å². The third-order valence-corrected chi connectivity index (χ3v) is 3.88. The number of carbonyl (C=O) groups is 1. The van der Waals surface area contributed by atoms with E-state index in [1.807, 2.05) is 37.3 Å². The van der Waals surface area contributed by atoms with E-state index in [9.17, 15) is 9.18 Å². The maximum Gasteiger partial charge on any atom is 0.244 e. The summed E-state index contributed by atoms with van der Waals surface area (Å²) in [7, 11) is 0. The second-order valence-corrected chi connectivity index (χ2v) is 5.98. The molecule has 1 aromatic heterocycles. The highest BCUT2D eigenvalue weighted by Gasteiger charge is 2.09. The Kier molecular flexibility index (Phi) is 5.94. The van der Waals surface area contributed by atoms with Crippen LogP contribution in [0.3, 0.4) is 0 Å². The van der Waals surface area contributed by atoms with Crippen molar-refractivity contribution in [1.82, 2.24) is 10.3 Å². The number of ether oxygens (including phenoxy) is 1. The highest BCUT2D eigenvalue weighted by Crippen LogP contribution is 2.24. The minimum absolute atomic E-state index is 0.201. The maximum atomic E-state index is 12.9. The van der Waals surface area contributed by atoms with Gasteiger partial charge in [-0.25, -0.2) is 4.39 Å². The predicted octanol–water partition coefficient (Wildman–Crippen LogP) is 4.90. The number of hydrogen-bond donors (Lipinski definition) is 1. The van der Waals surface area contributed by atoms with E-state index in [4.69, 9.17) is 4.74 Å². The van der Waals surface area contributed by atoms with E-state index in [1.165, 1.54) is 18.2 Å². The molecule has 4 nitrogen and oxygen atoms in total. The summed E-state index contributed by atoms with van der Waals surface area (Å²) in [6.07, 6.45) is 6.39. The molecule has 1 heterocycles. The Labute approximate surface area is 157 Å². The van der Waals surface area contributed by atoms with Gasteiger partial charge in [0.25, 0.3) is 0 Å². The van der Waals surface area contributed by atoms with Gasteiger partial charge < -0.3 is 10.1 Å². The van der Waals surface area contributed by atoms with E-state index in [-0.39, 0.29) is 17.8 Å². The third-order valence-electron chi connectivity index (χ3n) is 3.88. The van der Waals surface area contributed by atoms with Crippen molar-refractivity contribution in [1.29, 1.82) is 0 Å². The van der Waals surface area contributed by atoms with E-state index >= 15 is 0 Å². The zero-order chi connectivity index (χ0) is 19.1. The number of nitrogens with zero attached hydrogens (tertiary/aromatic N) is 1. The standard InChI is InChI=1S/C22H19FN2O2/c1-16(25-22(26)12-9-17-7-10-19(23)11-8-17)18-4-2-5-20(14-18)27-21-6-3-13-24-15-21/h2-16H,1H3,(H,25,26). The van der Waals surface area contributed by atoms with Crippen LogP contribution in [0.2, 0.25) is 0 Å². The lowest BCUT2D eigenvalue weighted by molar-refractivity contribution is -0.117. The molecule has 3 aromatic rings. The van der Waals surface area contributed by atoms with Gasteiger partial charge in [0, 0.05) is 12.3 Å². The average molecular weight is 362 g/mol. The molecule has 0 spiro atoms. The Morgan fingerprint density at radius 2 is 1.89 bits per heavy atom. The number of halogens is 1. The number of benzene rings is 2. The second-order valence-electron chi connectivity index (χ2n) is 5.98. The van der Waals surface area contributed by atoms with E-state index in [0.717, 1.165) is 11.1 Å². The fourth-order valence-corrected chi connectivity index (χ4v) is 2.48. The number of amides is 1. The van der Waals surface area contributed by atoms with Gasteiger partial charge in [-0.3, -0.25) is 9.78 Å². The van der Waals surface area contributed by atoms with Gasteiger partial charge in [0.05, 0.1) is 12.2 Å². The largest absolute Gasteiger partial charge is 0.456 e. The monoisotopic (exact) mass is 362 g/mol. The zero-order valence-electron chi connectivity index (χ0n) is 14.8. The highest BCUT2D eigenvalue weighted by molar-refractivity contribution is 5.91. The molecule has 0 aliphatic heterocycles. The van der Waals surface area contributed by atoms with E-state index in [1.54, 1.807) is 36.7 Å². The Morgan fingerprint density at radius 1 is 1.11 bits per heavy atom. The van der Waals surface area contributed by atoms with E-state index in [0.29, 0.717) is 11.5 Å². The van der Waals surface area contributed by atoms with Crippen molar-refractivity contribution in [3.8, 4) is 11.5 Å². The third kappa shape index (κ3) is 5.51. The Balaban J connectivity index is 1.61. The minimum atomic E-state index is -0.307. The van der Waals surface area contributed by atoms with Crippen molar-refractivity contribution >= 4 is 12.0 Å². The number of nitrogens with one attached hydrogen (secondary N) is 1. The first kappa shape index (κ1) is 18.3. The molecule has 1 amide bonds. The van der Waals surface area contributed by atoms with Crippen LogP contribution in [-0.2, 0) is 4.79 Å². The lowest BCUT2D eigenvalue weighted by Gasteiger charge is -2.14. The number of rotatable bonds is 6. The molecular weight excluding hydrogens is 343 g/mol. The first-order valence-corrected chi connectivity index (χ1v) is 8.52. The quantitative estimate of drug-likeness (QED) is 0.634. The maximum absolute atomic E-state index is 12.9. The Morgan fingerprint density at radius 3 is 2.63 bits per heavy atom. The lowest BCUT2D eigenvalue weighted by Crippen LogP contribution is -2.24. The molecule has 0 aliphatic carbocycles. The van der Waals surface area contributed by atoms with Crippen LogP contribution >= 0.6 is 0 Å². The summed E-state index contributed by atoms with van der Waals surface area (Å²) in [4.78, 5) is 16.1. The molecule has 1 atom stereocenters. The van der Waals surface area contributed by atoms with Crippen LogP contribution in [-0.4, -0.2) is 10.9 Å². The van der Waals surface area contributed by atoms with Crippen LogP contribution in [0.1, 0.15) is 24.1 Å². The summed E-state index contributed by atoms with van der Waals surface area (Å²) in [5.74, 6) is 0.779. The van der Waals surface area contributed by atoms with Crippen LogP contribution in [0, 0.1) is 5.82 Å². The average Bonchev–Trinajstić information content (AvgIpc) is 2.68.